The number of nitrogens with one attached hydrogen (secondary N) is 2. The van der Waals surface area contributed by atoms with Crippen LogP contribution in [0.25, 0.3) is 0 Å². The molecule has 122 valence electrons. The topological polar surface area (TPSA) is 41.1 Å². The molecule has 2 aromatic rings. The van der Waals surface area contributed by atoms with Crippen LogP contribution in [0, 0.1) is 0 Å². The molecule has 23 heavy (non-hydrogen) atoms. The molecule has 0 radical (unpaired) electrons. The fourth-order valence-corrected chi connectivity index (χ4v) is 2.67. The van der Waals surface area contributed by atoms with Gasteiger partial charge in [-0.25, -0.2) is 4.79 Å². The number of urea groups is 1. The van der Waals surface area contributed by atoms with Gasteiger partial charge in [-0.3, -0.25) is 0 Å². The fraction of sp³-hybridized carbons (Fsp3) is 0.350. The Balaban J connectivity index is 2.09. The van der Waals surface area contributed by atoms with Crippen LogP contribution in [0.4, 0.5) is 4.79 Å². The van der Waals surface area contributed by atoms with Crippen LogP contribution in [0.3, 0.4) is 0 Å². The standard InChI is InChI=1S/C20H26N2O/c1-3-18(4-2)21-20(23)22-19(17-13-9-6-10-14-17)15-16-11-7-5-8-12-16/h5-14,18-19H,3-4,15H2,1-2H3,(H2,21,22,23). The Morgan fingerprint density at radius 2 is 1.43 bits per heavy atom. The minimum absolute atomic E-state index is 0.0343. The molecule has 0 aliphatic carbocycles. The molecule has 3 heteroatoms. The Morgan fingerprint density at radius 3 is 2.00 bits per heavy atom. The van der Waals surface area contributed by atoms with E-state index in [1.54, 1.807) is 0 Å². The van der Waals surface area contributed by atoms with Crippen LogP contribution in [0.15, 0.2) is 60.7 Å². The molecular formula is C20H26N2O. The normalized spacial score (nSPS) is 12.0. The molecule has 0 saturated heterocycles. The molecule has 0 saturated carbocycles. The Hall–Kier alpha value is -2.29. The van der Waals surface area contributed by atoms with Gasteiger partial charge in [0.15, 0.2) is 0 Å². The molecule has 2 N–H and O–H groups in total. The Bertz CT molecular complexity index is 579. The molecule has 0 aliphatic rings. The number of benzene rings is 2. The Labute approximate surface area is 139 Å². The van der Waals surface area contributed by atoms with Gasteiger partial charge in [-0.2, -0.15) is 0 Å². The van der Waals surface area contributed by atoms with Crippen LogP contribution in [-0.2, 0) is 6.42 Å². The molecule has 2 rings (SSSR count). The van der Waals surface area contributed by atoms with Gasteiger partial charge >= 0.3 is 6.03 Å². The van der Waals surface area contributed by atoms with Crippen molar-refractivity contribution in [2.75, 3.05) is 0 Å². The maximum Gasteiger partial charge on any atom is 0.315 e. The zero-order chi connectivity index (χ0) is 16.5. The van der Waals surface area contributed by atoms with E-state index in [1.807, 2.05) is 36.4 Å². The van der Waals surface area contributed by atoms with Crippen molar-refractivity contribution in [1.29, 1.82) is 0 Å². The minimum Gasteiger partial charge on any atom is -0.335 e. The lowest BCUT2D eigenvalue weighted by Crippen LogP contribution is -2.43. The van der Waals surface area contributed by atoms with Crippen LogP contribution in [-0.4, -0.2) is 12.1 Å². The molecular weight excluding hydrogens is 284 g/mol. The molecule has 0 spiro atoms. The zero-order valence-corrected chi connectivity index (χ0v) is 14.0. The van der Waals surface area contributed by atoms with Gasteiger partial charge in [0.2, 0.25) is 0 Å². The quantitative estimate of drug-likeness (QED) is 0.779. The highest BCUT2D eigenvalue weighted by atomic mass is 16.2. The van der Waals surface area contributed by atoms with Crippen molar-refractivity contribution in [3.63, 3.8) is 0 Å². The second-order valence-electron chi connectivity index (χ2n) is 5.78. The Kier molecular flexibility index (Phi) is 6.67. The average molecular weight is 310 g/mol. The summed E-state index contributed by atoms with van der Waals surface area (Å²) in [5.41, 5.74) is 2.33. The summed E-state index contributed by atoms with van der Waals surface area (Å²) < 4.78 is 0. The van der Waals surface area contributed by atoms with Gasteiger partial charge in [-0.1, -0.05) is 74.5 Å². The molecule has 2 amide bonds. The summed E-state index contributed by atoms with van der Waals surface area (Å²) in [6.07, 6.45) is 2.67. The average Bonchev–Trinajstić information content (AvgIpc) is 2.60. The van der Waals surface area contributed by atoms with Gasteiger partial charge in [0.05, 0.1) is 6.04 Å². The summed E-state index contributed by atoms with van der Waals surface area (Å²) in [6, 6.07) is 20.5. The third-order valence-corrected chi connectivity index (χ3v) is 4.11. The number of amides is 2. The Morgan fingerprint density at radius 1 is 0.870 bits per heavy atom. The summed E-state index contributed by atoms with van der Waals surface area (Å²) in [5.74, 6) is 0. The van der Waals surface area contributed by atoms with E-state index in [2.05, 4.69) is 48.7 Å². The van der Waals surface area contributed by atoms with Gasteiger partial charge in [0.25, 0.3) is 0 Å². The van der Waals surface area contributed by atoms with Crippen molar-refractivity contribution >= 4 is 6.03 Å². The predicted octanol–water partition coefficient (Wildman–Crippen LogP) is 4.46. The summed E-state index contributed by atoms with van der Waals surface area (Å²) in [5, 5.41) is 6.18. The fourth-order valence-electron chi connectivity index (χ4n) is 2.67. The lowest BCUT2D eigenvalue weighted by molar-refractivity contribution is 0.232. The van der Waals surface area contributed by atoms with E-state index in [-0.39, 0.29) is 18.1 Å². The predicted molar refractivity (Wildman–Crippen MR) is 95.4 cm³/mol. The molecule has 2 aromatic carbocycles. The first-order valence-electron chi connectivity index (χ1n) is 8.38. The monoisotopic (exact) mass is 310 g/mol. The van der Waals surface area contributed by atoms with Crippen LogP contribution >= 0.6 is 0 Å². The molecule has 3 nitrogen and oxygen atoms in total. The molecule has 0 fully saturated rings. The second kappa shape index (κ2) is 8.99. The van der Waals surface area contributed by atoms with Crippen molar-refractivity contribution in [3.05, 3.63) is 71.8 Å². The van der Waals surface area contributed by atoms with Crippen LogP contribution in [0.2, 0.25) is 0 Å². The largest absolute Gasteiger partial charge is 0.335 e. The highest BCUT2D eigenvalue weighted by Gasteiger charge is 2.16. The highest BCUT2D eigenvalue weighted by molar-refractivity contribution is 5.74. The van der Waals surface area contributed by atoms with E-state index in [0.29, 0.717) is 0 Å². The molecule has 0 bridgehead atoms. The second-order valence-corrected chi connectivity index (χ2v) is 5.78. The summed E-state index contributed by atoms with van der Waals surface area (Å²) in [7, 11) is 0. The summed E-state index contributed by atoms with van der Waals surface area (Å²) in [6.45, 7) is 4.18. The van der Waals surface area contributed by atoms with Gasteiger partial charge in [0.1, 0.15) is 0 Å². The molecule has 0 heterocycles. The summed E-state index contributed by atoms with van der Waals surface area (Å²) >= 11 is 0. The highest BCUT2D eigenvalue weighted by Crippen LogP contribution is 2.18. The number of carbonyl (C=O) groups excluding carboxylic acids is 1. The van der Waals surface area contributed by atoms with Crippen molar-refractivity contribution in [3.8, 4) is 0 Å². The van der Waals surface area contributed by atoms with Crippen molar-refractivity contribution in [2.45, 2.75) is 45.2 Å². The lowest BCUT2D eigenvalue weighted by Gasteiger charge is -2.22. The van der Waals surface area contributed by atoms with Crippen molar-refractivity contribution in [1.82, 2.24) is 10.6 Å². The van der Waals surface area contributed by atoms with E-state index in [4.69, 9.17) is 0 Å². The maximum absolute atomic E-state index is 12.3. The van der Waals surface area contributed by atoms with E-state index < -0.39 is 0 Å². The number of rotatable bonds is 7. The van der Waals surface area contributed by atoms with E-state index >= 15 is 0 Å². The lowest BCUT2D eigenvalue weighted by atomic mass is 9.99. The van der Waals surface area contributed by atoms with Crippen LogP contribution < -0.4 is 10.6 Å². The third kappa shape index (κ3) is 5.44. The van der Waals surface area contributed by atoms with E-state index in [9.17, 15) is 4.79 Å². The van der Waals surface area contributed by atoms with Gasteiger partial charge in [-0.15, -0.1) is 0 Å². The molecule has 1 atom stereocenters. The number of hydrogen-bond donors (Lipinski definition) is 2. The van der Waals surface area contributed by atoms with Gasteiger partial charge in [-0.05, 0) is 30.4 Å². The van der Waals surface area contributed by atoms with Gasteiger partial charge < -0.3 is 10.6 Å². The van der Waals surface area contributed by atoms with Crippen LogP contribution in [0.5, 0.6) is 0 Å². The third-order valence-electron chi connectivity index (χ3n) is 4.11. The van der Waals surface area contributed by atoms with E-state index in [1.165, 1.54) is 5.56 Å². The molecule has 0 aromatic heterocycles. The number of hydrogen-bond acceptors (Lipinski definition) is 1. The SMILES string of the molecule is CCC(CC)NC(=O)NC(Cc1ccccc1)c1ccccc1. The number of carbonyl (C=O) groups is 1. The zero-order valence-electron chi connectivity index (χ0n) is 14.0. The van der Waals surface area contributed by atoms with Crippen molar-refractivity contribution < 1.29 is 4.79 Å². The van der Waals surface area contributed by atoms with Crippen LogP contribution in [0.1, 0.15) is 43.9 Å². The maximum atomic E-state index is 12.3. The first kappa shape index (κ1) is 17.1. The smallest absolute Gasteiger partial charge is 0.315 e. The first-order valence-corrected chi connectivity index (χ1v) is 8.38. The molecule has 0 aliphatic heterocycles. The first-order chi connectivity index (χ1) is 11.2. The minimum atomic E-state index is -0.0940. The summed E-state index contributed by atoms with van der Waals surface area (Å²) in [4.78, 5) is 12.3. The molecule has 1 unspecified atom stereocenters. The van der Waals surface area contributed by atoms with E-state index in [0.717, 1.165) is 24.8 Å². The van der Waals surface area contributed by atoms with Crippen molar-refractivity contribution in [2.24, 2.45) is 0 Å². The van der Waals surface area contributed by atoms with Gasteiger partial charge in [0, 0.05) is 6.04 Å².